The van der Waals surface area contributed by atoms with Crippen molar-refractivity contribution in [1.29, 1.82) is 0 Å². The van der Waals surface area contributed by atoms with Crippen molar-refractivity contribution in [3.05, 3.63) is 48.6 Å². The Balaban J connectivity index is 4.00. The van der Waals surface area contributed by atoms with E-state index in [-0.39, 0.29) is 12.8 Å². The van der Waals surface area contributed by atoms with Gasteiger partial charge in [0.15, 0.2) is 6.04 Å². The minimum Gasteiger partial charge on any atom is -0.480 e. The van der Waals surface area contributed by atoms with Crippen LogP contribution in [0.2, 0.25) is 0 Å². The van der Waals surface area contributed by atoms with Crippen LogP contribution in [0.4, 0.5) is 0 Å². The van der Waals surface area contributed by atoms with Gasteiger partial charge < -0.3 is 25.2 Å². The molecule has 1 amide bonds. The number of phosphoric ester groups is 1. The van der Waals surface area contributed by atoms with Crippen LogP contribution in [0.25, 0.3) is 0 Å². The Labute approximate surface area is 333 Å². The predicted octanol–water partition coefficient (Wildman–Crippen LogP) is 10.6. The summed E-state index contributed by atoms with van der Waals surface area (Å²) in [6.07, 6.45) is 41.3. The van der Waals surface area contributed by atoms with Gasteiger partial charge in [0, 0.05) is 12.8 Å². The summed E-state index contributed by atoms with van der Waals surface area (Å²) in [5, 5.41) is 21.8. The number of ether oxygens (including phenoxy) is 1. The van der Waals surface area contributed by atoms with E-state index in [9.17, 15) is 34.1 Å². The molecule has 0 aliphatic rings. The van der Waals surface area contributed by atoms with E-state index >= 15 is 0 Å². The van der Waals surface area contributed by atoms with E-state index in [1.165, 1.54) is 77.0 Å². The highest BCUT2D eigenvalue weighted by Crippen LogP contribution is 2.43. The molecule has 0 aromatic rings. The monoisotopic (exact) mass is 798 g/mol. The lowest BCUT2D eigenvalue weighted by molar-refractivity contribution is -0.147. The second-order valence-electron chi connectivity index (χ2n) is 14.2. The van der Waals surface area contributed by atoms with Gasteiger partial charge in [-0.25, -0.2) is 9.36 Å². The van der Waals surface area contributed by atoms with Crippen LogP contribution >= 0.6 is 7.82 Å². The maximum absolute atomic E-state index is 12.3. The van der Waals surface area contributed by atoms with Crippen LogP contribution in [0.3, 0.4) is 0 Å². The van der Waals surface area contributed by atoms with Gasteiger partial charge in [-0.1, -0.05) is 152 Å². The third kappa shape index (κ3) is 38.1. The number of unbranched alkanes of at least 4 members (excludes halogenated alkanes) is 17. The maximum Gasteiger partial charge on any atom is 0.472 e. The fourth-order valence-electron chi connectivity index (χ4n) is 5.53. The Morgan fingerprint density at radius 3 is 1.53 bits per heavy atom. The molecule has 11 nitrogen and oxygen atoms in total. The van der Waals surface area contributed by atoms with Crippen molar-refractivity contribution in [2.24, 2.45) is 0 Å². The molecule has 0 radical (unpaired) electrons. The molecule has 0 heterocycles. The summed E-state index contributed by atoms with van der Waals surface area (Å²) < 4.78 is 26.8. The number of nitrogens with one attached hydrogen (secondary N) is 1. The molecule has 0 aliphatic heterocycles. The van der Waals surface area contributed by atoms with Crippen molar-refractivity contribution in [1.82, 2.24) is 5.32 Å². The summed E-state index contributed by atoms with van der Waals surface area (Å²) in [7, 11) is -4.76. The zero-order valence-corrected chi connectivity index (χ0v) is 35.1. The summed E-state index contributed by atoms with van der Waals surface area (Å²) in [5.74, 6) is -2.42. The Kier molecular flexibility index (Phi) is 36.5. The largest absolute Gasteiger partial charge is 0.480 e. The molecule has 0 fully saturated rings. The molecule has 12 heteroatoms. The van der Waals surface area contributed by atoms with Crippen LogP contribution in [0.15, 0.2) is 48.6 Å². The number of carbonyl (C=O) groups is 3. The molecule has 0 aliphatic carbocycles. The number of rotatable bonds is 39. The van der Waals surface area contributed by atoms with Crippen molar-refractivity contribution in [2.75, 3.05) is 19.8 Å². The van der Waals surface area contributed by atoms with Crippen molar-refractivity contribution in [2.45, 2.75) is 187 Å². The van der Waals surface area contributed by atoms with Gasteiger partial charge in [-0.15, -0.1) is 0 Å². The van der Waals surface area contributed by atoms with Crippen molar-refractivity contribution in [3.63, 3.8) is 0 Å². The van der Waals surface area contributed by atoms with Gasteiger partial charge in [-0.2, -0.15) is 0 Å². The summed E-state index contributed by atoms with van der Waals surface area (Å²) >= 11 is 0. The second kappa shape index (κ2) is 38.3. The minimum absolute atomic E-state index is 0.107. The molecular weight excluding hydrogens is 721 g/mol. The van der Waals surface area contributed by atoms with Gasteiger partial charge in [-0.3, -0.25) is 18.6 Å². The van der Waals surface area contributed by atoms with Gasteiger partial charge in [0.25, 0.3) is 0 Å². The number of hydrogen-bond donors (Lipinski definition) is 4. The molecule has 0 aromatic heterocycles. The molecule has 318 valence electrons. The number of aliphatic carboxylic acids is 1. The molecule has 0 bridgehead atoms. The average Bonchev–Trinajstić information content (AvgIpc) is 3.16. The number of carboxylic acid groups (broad SMARTS) is 1. The van der Waals surface area contributed by atoms with E-state index in [2.05, 4.69) is 67.8 Å². The van der Waals surface area contributed by atoms with Crippen molar-refractivity contribution >= 4 is 25.7 Å². The molecular formula is C43H76NO10P. The Morgan fingerprint density at radius 2 is 1.00 bits per heavy atom. The second-order valence-corrected chi connectivity index (χ2v) is 15.6. The fraction of sp³-hybridized carbons (Fsp3) is 0.744. The number of esters is 1. The number of allylic oxidation sites excluding steroid dienone is 8. The van der Waals surface area contributed by atoms with Crippen LogP contribution in [-0.2, 0) is 32.7 Å². The maximum atomic E-state index is 12.3. The van der Waals surface area contributed by atoms with Gasteiger partial charge in [0.1, 0.15) is 12.7 Å². The standard InChI is InChI=1S/C43H76NO10P/c1-3-5-7-9-11-13-15-17-18-19-20-21-22-23-24-26-28-30-32-34-41(46)44-40(43(48)49)38-54-55(50,51)53-37-39(45)36-52-42(47)35-33-31-29-27-25-16-14-12-10-8-6-4-2/h11,13,17-18,20-21,23-24,39-40,45H,3-10,12,14-16,19,22,25-38H2,1-2H3,(H,44,46)(H,48,49)(H,50,51)/b13-11-,18-17-,21-20-,24-23-. The number of phosphoric acid groups is 1. The summed E-state index contributed by atoms with van der Waals surface area (Å²) in [6, 6.07) is -1.56. The van der Waals surface area contributed by atoms with Crippen LogP contribution in [0.1, 0.15) is 174 Å². The summed E-state index contributed by atoms with van der Waals surface area (Å²) in [4.78, 5) is 45.8. The molecule has 4 N–H and O–H groups in total. The number of carboxylic acids is 1. The lowest BCUT2D eigenvalue weighted by Crippen LogP contribution is -2.43. The van der Waals surface area contributed by atoms with Gasteiger partial charge in [0.2, 0.25) is 5.91 Å². The Bertz CT molecular complexity index is 1120. The highest BCUT2D eigenvalue weighted by atomic mass is 31.2. The zero-order valence-electron chi connectivity index (χ0n) is 34.2. The molecule has 0 rings (SSSR count). The number of hydrogen-bond acceptors (Lipinski definition) is 8. The van der Waals surface area contributed by atoms with Gasteiger partial charge in [0.05, 0.1) is 13.2 Å². The third-order valence-electron chi connectivity index (χ3n) is 8.87. The molecule has 3 atom stereocenters. The van der Waals surface area contributed by atoms with E-state index in [4.69, 9.17) is 13.8 Å². The molecule has 0 spiro atoms. The van der Waals surface area contributed by atoms with Crippen LogP contribution in [-0.4, -0.2) is 64.9 Å². The van der Waals surface area contributed by atoms with E-state index in [0.717, 1.165) is 57.8 Å². The molecule has 55 heavy (non-hydrogen) atoms. The van der Waals surface area contributed by atoms with E-state index < -0.39 is 57.6 Å². The number of aliphatic hydroxyl groups excluding tert-OH is 1. The van der Waals surface area contributed by atoms with Crippen LogP contribution in [0.5, 0.6) is 0 Å². The Hall–Kier alpha value is -2.56. The number of aliphatic hydroxyl groups is 1. The van der Waals surface area contributed by atoms with Gasteiger partial charge >= 0.3 is 19.8 Å². The van der Waals surface area contributed by atoms with Crippen molar-refractivity contribution < 1.29 is 47.8 Å². The smallest absolute Gasteiger partial charge is 0.472 e. The number of carbonyl (C=O) groups excluding carboxylic acids is 2. The lowest BCUT2D eigenvalue weighted by atomic mass is 10.0. The minimum atomic E-state index is -4.76. The zero-order chi connectivity index (χ0) is 40.7. The normalized spacial score (nSPS) is 14.3. The van der Waals surface area contributed by atoms with E-state index in [0.29, 0.717) is 12.8 Å². The van der Waals surface area contributed by atoms with Crippen molar-refractivity contribution in [3.8, 4) is 0 Å². The first-order chi connectivity index (χ1) is 26.6. The van der Waals surface area contributed by atoms with Crippen LogP contribution in [0, 0.1) is 0 Å². The first-order valence-electron chi connectivity index (χ1n) is 21.2. The molecule has 0 saturated carbocycles. The van der Waals surface area contributed by atoms with E-state index in [1.54, 1.807) is 0 Å². The average molecular weight is 798 g/mol. The first kappa shape index (κ1) is 52.4. The molecule has 0 aromatic carbocycles. The molecule has 0 saturated heterocycles. The number of amides is 1. The predicted molar refractivity (Wildman–Crippen MR) is 222 cm³/mol. The molecule has 3 unspecified atom stereocenters. The SMILES string of the molecule is CCCCC/C=C\C/C=C\C/C=C\C/C=C\CCCCCC(=O)NC(COP(=O)(O)OCC(O)COC(=O)CCCCCCCCCCCCCC)C(=O)O. The highest BCUT2D eigenvalue weighted by molar-refractivity contribution is 7.47. The first-order valence-corrected chi connectivity index (χ1v) is 22.7. The summed E-state index contributed by atoms with van der Waals surface area (Å²) in [6.45, 7) is 2.53. The fourth-order valence-corrected chi connectivity index (χ4v) is 6.31. The van der Waals surface area contributed by atoms with Crippen LogP contribution < -0.4 is 5.32 Å². The van der Waals surface area contributed by atoms with E-state index in [1.807, 2.05) is 0 Å². The summed E-state index contributed by atoms with van der Waals surface area (Å²) in [5.41, 5.74) is 0. The van der Waals surface area contributed by atoms with Gasteiger partial charge in [-0.05, 0) is 57.8 Å². The Morgan fingerprint density at radius 1 is 0.582 bits per heavy atom. The lowest BCUT2D eigenvalue weighted by Gasteiger charge is -2.18. The quantitative estimate of drug-likeness (QED) is 0.0203. The topological polar surface area (TPSA) is 169 Å². The highest BCUT2D eigenvalue weighted by Gasteiger charge is 2.28. The third-order valence-corrected chi connectivity index (χ3v) is 9.82.